The topological polar surface area (TPSA) is 42.7 Å². The third kappa shape index (κ3) is 3.28. The largest absolute Gasteiger partial charge is 0.316 e. The van der Waals surface area contributed by atoms with Gasteiger partial charge in [0.1, 0.15) is 0 Å². The molecule has 1 aromatic heterocycles. The molecule has 2 heterocycles. The van der Waals surface area contributed by atoms with Gasteiger partial charge < -0.3 is 5.32 Å². The van der Waals surface area contributed by atoms with Crippen molar-refractivity contribution in [2.45, 2.75) is 39.7 Å². The summed E-state index contributed by atoms with van der Waals surface area (Å²) in [6.07, 6.45) is 6.31. The molecule has 0 spiro atoms. The van der Waals surface area contributed by atoms with Gasteiger partial charge >= 0.3 is 0 Å². The Balaban J connectivity index is 0.000000239. The number of rotatable bonds is 1. The molecular weight excluding hydrogens is 212 g/mol. The third-order valence-corrected chi connectivity index (χ3v) is 3.44. The Morgan fingerprint density at radius 3 is 2.24 bits per heavy atom. The number of hydrogen-bond acceptors (Lipinski definition) is 3. The molecule has 1 aliphatic carbocycles. The van der Waals surface area contributed by atoms with E-state index in [0.717, 1.165) is 17.8 Å². The van der Waals surface area contributed by atoms with Crippen LogP contribution in [0.2, 0.25) is 0 Å². The van der Waals surface area contributed by atoms with Gasteiger partial charge in [0.25, 0.3) is 0 Å². The Morgan fingerprint density at radius 2 is 1.76 bits per heavy atom. The fourth-order valence-corrected chi connectivity index (χ4v) is 2.76. The van der Waals surface area contributed by atoms with Crippen LogP contribution < -0.4 is 5.32 Å². The molecule has 4 heteroatoms. The Hall–Kier alpha value is -0.900. The minimum atomic E-state index is 0.611. The van der Waals surface area contributed by atoms with Gasteiger partial charge in [-0.3, -0.25) is 0 Å². The lowest BCUT2D eigenvalue weighted by Gasteiger charge is -2.10. The first-order valence-electron chi connectivity index (χ1n) is 6.73. The zero-order chi connectivity index (χ0) is 12.3. The van der Waals surface area contributed by atoms with Crippen molar-refractivity contribution in [1.82, 2.24) is 20.3 Å². The molecule has 2 aliphatic rings. The fraction of sp³-hybridized carbons (Fsp3) is 0.846. The Labute approximate surface area is 104 Å². The van der Waals surface area contributed by atoms with Crippen LogP contribution in [0.3, 0.4) is 0 Å². The van der Waals surface area contributed by atoms with E-state index in [1.54, 1.807) is 6.20 Å². The van der Waals surface area contributed by atoms with Crippen LogP contribution in [0.25, 0.3) is 0 Å². The summed E-state index contributed by atoms with van der Waals surface area (Å²) in [5.41, 5.74) is 0. The molecule has 0 aromatic carbocycles. The zero-order valence-corrected chi connectivity index (χ0v) is 11.1. The Kier molecular flexibility index (Phi) is 4.15. The minimum absolute atomic E-state index is 0.611. The molecule has 1 aliphatic heterocycles. The zero-order valence-electron chi connectivity index (χ0n) is 11.1. The molecule has 2 atom stereocenters. The summed E-state index contributed by atoms with van der Waals surface area (Å²) in [6.45, 7) is 8.91. The SMILES string of the molecule is CC(C)C.c1cn(C2CC3CNCC3C2)nn1. The van der Waals surface area contributed by atoms with Crippen LogP contribution >= 0.6 is 0 Å². The highest BCUT2D eigenvalue weighted by Gasteiger charge is 2.38. The summed E-state index contributed by atoms with van der Waals surface area (Å²) in [6, 6.07) is 0.611. The van der Waals surface area contributed by atoms with Gasteiger partial charge in [0.15, 0.2) is 0 Å². The van der Waals surface area contributed by atoms with Gasteiger partial charge in [-0.1, -0.05) is 26.0 Å². The first-order chi connectivity index (χ1) is 8.16. The highest BCUT2D eigenvalue weighted by atomic mass is 15.4. The normalized spacial score (nSPS) is 31.2. The average molecular weight is 236 g/mol. The van der Waals surface area contributed by atoms with E-state index in [1.165, 1.54) is 25.9 Å². The standard InChI is InChI=1S/C9H14N4.C4H10/c1-2-13(12-11-1)9-3-7-5-10-6-8(7)4-9;1-4(2)3/h1-2,7-10H,3-6H2;4H,1-3H3. The second kappa shape index (κ2) is 5.63. The highest BCUT2D eigenvalue weighted by molar-refractivity contribution is 4.92. The quantitative estimate of drug-likeness (QED) is 0.812. The molecule has 0 radical (unpaired) electrons. The maximum absolute atomic E-state index is 4.07. The molecule has 1 saturated carbocycles. The molecular formula is C13H24N4. The summed E-state index contributed by atoms with van der Waals surface area (Å²) < 4.78 is 2.03. The van der Waals surface area contributed by atoms with Crippen LogP contribution in [0.5, 0.6) is 0 Å². The van der Waals surface area contributed by atoms with Crippen LogP contribution in [0.15, 0.2) is 12.4 Å². The lowest BCUT2D eigenvalue weighted by Crippen LogP contribution is -2.14. The van der Waals surface area contributed by atoms with E-state index in [9.17, 15) is 0 Å². The molecule has 2 unspecified atom stereocenters. The smallest absolute Gasteiger partial charge is 0.0693 e. The predicted molar refractivity (Wildman–Crippen MR) is 68.7 cm³/mol. The first kappa shape index (κ1) is 12.6. The second-order valence-corrected chi connectivity index (χ2v) is 5.92. The van der Waals surface area contributed by atoms with Crippen molar-refractivity contribution < 1.29 is 0 Å². The van der Waals surface area contributed by atoms with Gasteiger partial charge in [0.2, 0.25) is 0 Å². The fourth-order valence-electron chi connectivity index (χ4n) is 2.76. The molecule has 4 nitrogen and oxygen atoms in total. The van der Waals surface area contributed by atoms with Gasteiger partial charge in [-0.15, -0.1) is 5.10 Å². The van der Waals surface area contributed by atoms with Crippen molar-refractivity contribution >= 4 is 0 Å². The monoisotopic (exact) mass is 236 g/mol. The van der Waals surface area contributed by atoms with E-state index in [1.807, 2.05) is 10.9 Å². The maximum atomic E-state index is 4.07. The van der Waals surface area contributed by atoms with E-state index in [-0.39, 0.29) is 0 Å². The number of nitrogens with one attached hydrogen (secondary N) is 1. The summed E-state index contributed by atoms with van der Waals surface area (Å²) >= 11 is 0. The van der Waals surface area contributed by atoms with E-state index in [0.29, 0.717) is 6.04 Å². The molecule has 2 fully saturated rings. The number of fused-ring (bicyclic) bond motifs is 1. The first-order valence-corrected chi connectivity index (χ1v) is 6.73. The van der Waals surface area contributed by atoms with E-state index >= 15 is 0 Å². The molecule has 1 N–H and O–H groups in total. The predicted octanol–water partition coefficient (Wildman–Crippen LogP) is 2.11. The van der Waals surface area contributed by atoms with Gasteiger partial charge in [0, 0.05) is 6.20 Å². The van der Waals surface area contributed by atoms with E-state index in [4.69, 9.17) is 0 Å². The summed E-state index contributed by atoms with van der Waals surface area (Å²) in [5, 5.41) is 11.4. The van der Waals surface area contributed by atoms with Crippen molar-refractivity contribution in [2.24, 2.45) is 17.8 Å². The van der Waals surface area contributed by atoms with Crippen molar-refractivity contribution in [3.63, 3.8) is 0 Å². The summed E-state index contributed by atoms with van der Waals surface area (Å²) in [7, 11) is 0. The molecule has 3 rings (SSSR count). The van der Waals surface area contributed by atoms with E-state index < -0.39 is 0 Å². The van der Waals surface area contributed by atoms with Crippen LogP contribution in [0.1, 0.15) is 39.7 Å². The molecule has 17 heavy (non-hydrogen) atoms. The Morgan fingerprint density at radius 1 is 1.18 bits per heavy atom. The lowest BCUT2D eigenvalue weighted by atomic mass is 10.0. The average Bonchev–Trinajstić information content (AvgIpc) is 2.92. The molecule has 1 saturated heterocycles. The van der Waals surface area contributed by atoms with Crippen molar-refractivity contribution in [3.8, 4) is 0 Å². The molecule has 0 bridgehead atoms. The van der Waals surface area contributed by atoms with Crippen molar-refractivity contribution in [1.29, 1.82) is 0 Å². The molecule has 0 amide bonds. The van der Waals surface area contributed by atoms with Gasteiger partial charge in [-0.05, 0) is 43.7 Å². The molecule has 1 aromatic rings. The summed E-state index contributed by atoms with van der Waals surface area (Å²) in [4.78, 5) is 0. The van der Waals surface area contributed by atoms with Crippen LogP contribution in [0, 0.1) is 17.8 Å². The van der Waals surface area contributed by atoms with Crippen molar-refractivity contribution in [3.05, 3.63) is 12.4 Å². The number of aromatic nitrogens is 3. The van der Waals surface area contributed by atoms with Crippen molar-refractivity contribution in [2.75, 3.05) is 13.1 Å². The lowest BCUT2D eigenvalue weighted by molar-refractivity contribution is 0.422. The van der Waals surface area contributed by atoms with Gasteiger partial charge in [-0.25, -0.2) is 4.68 Å². The van der Waals surface area contributed by atoms with Crippen LogP contribution in [0.4, 0.5) is 0 Å². The third-order valence-electron chi connectivity index (χ3n) is 3.44. The minimum Gasteiger partial charge on any atom is -0.316 e. The maximum Gasteiger partial charge on any atom is 0.0693 e. The van der Waals surface area contributed by atoms with Crippen LogP contribution in [-0.4, -0.2) is 28.1 Å². The number of hydrogen-bond donors (Lipinski definition) is 1. The highest BCUT2D eigenvalue weighted by Crippen LogP contribution is 2.40. The Bertz CT molecular complexity index is 305. The van der Waals surface area contributed by atoms with E-state index in [2.05, 4.69) is 36.4 Å². The van der Waals surface area contributed by atoms with Crippen LogP contribution in [-0.2, 0) is 0 Å². The second-order valence-electron chi connectivity index (χ2n) is 5.92. The van der Waals surface area contributed by atoms with Gasteiger partial charge in [-0.2, -0.15) is 0 Å². The summed E-state index contributed by atoms with van der Waals surface area (Å²) in [5.74, 6) is 2.60. The van der Waals surface area contributed by atoms with Gasteiger partial charge in [0.05, 0.1) is 12.2 Å². The molecule has 96 valence electrons. The number of nitrogens with zero attached hydrogens (tertiary/aromatic N) is 3.